The van der Waals surface area contributed by atoms with Gasteiger partial charge in [-0.25, -0.2) is 39.1 Å². The van der Waals surface area contributed by atoms with Crippen LogP contribution < -0.4 is 10.6 Å². The number of fused-ring (bicyclic) bond motifs is 3. The number of pyridine rings is 3. The van der Waals surface area contributed by atoms with E-state index in [-0.39, 0.29) is 0 Å². The number of nitrogens with zero attached hydrogens (tertiary/aromatic N) is 12. The fourth-order valence-electron chi connectivity index (χ4n) is 5.49. The summed E-state index contributed by atoms with van der Waals surface area (Å²) < 4.78 is 48.2. The summed E-state index contributed by atoms with van der Waals surface area (Å²) in [5.41, 5.74) is 6.20. The molecule has 0 spiro atoms. The maximum atomic E-state index is 12.2. The van der Waals surface area contributed by atoms with Crippen LogP contribution in [-0.2, 0) is 0 Å². The van der Waals surface area contributed by atoms with Gasteiger partial charge in [-0.1, -0.05) is 28.1 Å². The first-order chi connectivity index (χ1) is 26.9. The molecule has 9 aromatic rings. The molecule has 0 saturated carbocycles. The highest BCUT2D eigenvalue weighted by Crippen LogP contribution is 2.25. The Labute approximate surface area is 337 Å². The van der Waals surface area contributed by atoms with Crippen LogP contribution >= 0.6 is 38.5 Å². The maximum absolute atomic E-state index is 12.2. The van der Waals surface area contributed by atoms with Gasteiger partial charge in [0.05, 0.1) is 29.5 Å². The minimum Gasteiger partial charge on any atom is -0.329 e. The fourth-order valence-corrected chi connectivity index (χ4v) is 6.36. The minimum absolute atomic E-state index is 0.358. The maximum Gasteiger partial charge on any atom is 0.405 e. The predicted molar refractivity (Wildman–Crippen MR) is 214 cm³/mol. The van der Waals surface area contributed by atoms with E-state index in [4.69, 9.17) is 0 Å². The highest BCUT2D eigenvalue weighted by molar-refractivity contribution is 14.1. The van der Waals surface area contributed by atoms with Gasteiger partial charge in [0.2, 0.25) is 0 Å². The standard InChI is InChI=1S/C19H16F3N7O.C10H8IN5.C7H5BrN2/c1-12-25-11-26-29(12)15-5-6-28-16(9-23-17(28)8-15)13-3-2-4-14(7-13)27-18(30)24-10-19(20,21)22;1-7-13-6-14-16(7)8-2-3-15-9(11)5-12-10(15)4-8;8-6-1-3-10-4-2-9-7(10)5-6/h2-9,11H,10H2,1H3,(H2,24,27,30);2-6H,1H3;1-5H. The van der Waals surface area contributed by atoms with Crippen molar-refractivity contribution in [1.82, 2.24) is 63.0 Å². The number of nitrogens with one attached hydrogen (secondary N) is 2. The van der Waals surface area contributed by atoms with Gasteiger partial charge in [-0.3, -0.25) is 8.80 Å². The summed E-state index contributed by atoms with van der Waals surface area (Å²) in [5.74, 6) is 1.61. The smallest absolute Gasteiger partial charge is 0.329 e. The van der Waals surface area contributed by atoms with Gasteiger partial charge in [-0.05, 0) is 72.8 Å². The summed E-state index contributed by atoms with van der Waals surface area (Å²) in [4.78, 5) is 32.7. The average Bonchev–Trinajstić information content (AvgIpc) is 4.03. The summed E-state index contributed by atoms with van der Waals surface area (Å²) in [6.45, 7) is 2.36. The van der Waals surface area contributed by atoms with Crippen molar-refractivity contribution in [2.45, 2.75) is 20.0 Å². The molecule has 0 bridgehead atoms. The van der Waals surface area contributed by atoms with Gasteiger partial charge in [0.15, 0.2) is 0 Å². The first-order valence-corrected chi connectivity index (χ1v) is 18.4. The van der Waals surface area contributed by atoms with E-state index in [9.17, 15) is 18.0 Å². The van der Waals surface area contributed by atoms with E-state index in [1.807, 2.05) is 100 Å². The largest absolute Gasteiger partial charge is 0.405 e. The Morgan fingerprint density at radius 3 is 2.09 bits per heavy atom. The second-order valence-corrected chi connectivity index (χ2v) is 14.0. The third-order valence-electron chi connectivity index (χ3n) is 8.10. The summed E-state index contributed by atoms with van der Waals surface area (Å²) in [5, 5.41) is 12.5. The Morgan fingerprint density at radius 1 is 0.768 bits per heavy atom. The zero-order chi connectivity index (χ0) is 39.4. The minimum atomic E-state index is -4.47. The van der Waals surface area contributed by atoms with Gasteiger partial charge in [0.25, 0.3) is 0 Å². The molecule has 2 amide bonds. The van der Waals surface area contributed by atoms with Crippen molar-refractivity contribution in [3.05, 3.63) is 137 Å². The third kappa shape index (κ3) is 8.86. The van der Waals surface area contributed by atoms with Crippen molar-refractivity contribution in [3.63, 3.8) is 0 Å². The quantitative estimate of drug-likeness (QED) is 0.168. The van der Waals surface area contributed by atoms with Crippen molar-refractivity contribution < 1.29 is 18.0 Å². The van der Waals surface area contributed by atoms with Crippen LogP contribution in [0.25, 0.3) is 39.6 Å². The molecule has 0 aliphatic rings. The van der Waals surface area contributed by atoms with Crippen LogP contribution in [0.5, 0.6) is 0 Å². The molecule has 0 aliphatic carbocycles. The molecule has 8 heterocycles. The zero-order valence-corrected chi connectivity index (χ0v) is 33.1. The second-order valence-electron chi connectivity index (χ2n) is 11.9. The number of alkyl halides is 3. The summed E-state index contributed by atoms with van der Waals surface area (Å²) in [6.07, 6.45) is 11.6. The molecule has 0 atom stereocenters. The van der Waals surface area contributed by atoms with E-state index in [2.05, 4.69) is 79.0 Å². The number of aryl methyl sites for hydroxylation is 2. The molecule has 0 radical (unpaired) electrons. The number of aromatic nitrogens is 12. The molecule has 1 aromatic carbocycles. The number of halogens is 5. The number of imidazole rings is 3. The molecule has 2 N–H and O–H groups in total. The normalized spacial score (nSPS) is 11.3. The van der Waals surface area contributed by atoms with Crippen LogP contribution in [0.3, 0.4) is 0 Å². The first kappa shape index (κ1) is 38.1. The van der Waals surface area contributed by atoms with Gasteiger partial charge in [0, 0.05) is 58.8 Å². The molecule has 20 heteroatoms. The molecule has 0 saturated heterocycles. The van der Waals surface area contributed by atoms with Gasteiger partial charge in [-0.2, -0.15) is 23.4 Å². The number of carbonyl (C=O) groups is 1. The molecular formula is C36H29BrF3IN14O. The summed E-state index contributed by atoms with van der Waals surface area (Å²) in [7, 11) is 0. The molecular weight excluding hydrogens is 908 g/mol. The Morgan fingerprint density at radius 2 is 1.43 bits per heavy atom. The first-order valence-electron chi connectivity index (χ1n) is 16.6. The van der Waals surface area contributed by atoms with E-state index in [0.717, 1.165) is 53.7 Å². The highest BCUT2D eigenvalue weighted by atomic mass is 127. The third-order valence-corrected chi connectivity index (χ3v) is 9.39. The number of anilines is 1. The molecule has 0 aliphatic heterocycles. The molecule has 15 nitrogen and oxygen atoms in total. The molecule has 284 valence electrons. The van der Waals surface area contributed by atoms with Gasteiger partial charge in [0.1, 0.15) is 51.5 Å². The average molecular weight is 938 g/mol. The van der Waals surface area contributed by atoms with Crippen LogP contribution in [0.2, 0.25) is 0 Å². The van der Waals surface area contributed by atoms with Gasteiger partial charge in [-0.15, -0.1) is 0 Å². The molecule has 56 heavy (non-hydrogen) atoms. The van der Waals surface area contributed by atoms with Crippen molar-refractivity contribution in [2.75, 3.05) is 11.9 Å². The van der Waals surface area contributed by atoms with Crippen molar-refractivity contribution in [1.29, 1.82) is 0 Å². The molecule has 0 fully saturated rings. The van der Waals surface area contributed by atoms with Crippen LogP contribution in [0.15, 0.2) is 121 Å². The summed E-state index contributed by atoms with van der Waals surface area (Å²) in [6, 6.07) is 17.5. The lowest BCUT2D eigenvalue weighted by Gasteiger charge is -2.11. The monoisotopic (exact) mass is 936 g/mol. The van der Waals surface area contributed by atoms with Crippen LogP contribution in [0.4, 0.5) is 23.7 Å². The zero-order valence-electron chi connectivity index (χ0n) is 29.3. The second kappa shape index (κ2) is 16.3. The Balaban J connectivity index is 0.000000152. The lowest BCUT2D eigenvalue weighted by molar-refractivity contribution is -0.122. The predicted octanol–water partition coefficient (Wildman–Crippen LogP) is 7.50. The number of rotatable bonds is 5. The topological polar surface area (TPSA) is 154 Å². The van der Waals surface area contributed by atoms with Crippen molar-refractivity contribution in [2.24, 2.45) is 0 Å². The van der Waals surface area contributed by atoms with E-state index >= 15 is 0 Å². The number of carbonyl (C=O) groups excluding carboxylic acids is 1. The Kier molecular flexibility index (Phi) is 11.1. The molecule has 0 unspecified atom stereocenters. The molecule has 9 rings (SSSR count). The Bertz CT molecular complexity index is 2790. The lowest BCUT2D eigenvalue weighted by Crippen LogP contribution is -2.36. The summed E-state index contributed by atoms with van der Waals surface area (Å²) >= 11 is 5.61. The molecule has 8 aromatic heterocycles. The van der Waals surface area contributed by atoms with Crippen molar-refractivity contribution in [3.8, 4) is 22.6 Å². The van der Waals surface area contributed by atoms with Crippen LogP contribution in [-0.4, -0.2) is 76.4 Å². The van der Waals surface area contributed by atoms with Crippen molar-refractivity contribution >= 4 is 67.2 Å². The van der Waals surface area contributed by atoms with Gasteiger partial charge >= 0.3 is 12.2 Å². The van der Waals surface area contributed by atoms with E-state index < -0.39 is 18.8 Å². The number of urea groups is 1. The Hall–Kier alpha value is -6.16. The lowest BCUT2D eigenvalue weighted by atomic mass is 10.1. The number of amides is 2. The number of hydrogen-bond acceptors (Lipinski definition) is 8. The van der Waals surface area contributed by atoms with E-state index in [1.165, 1.54) is 6.33 Å². The van der Waals surface area contributed by atoms with E-state index in [1.54, 1.807) is 51.6 Å². The number of benzene rings is 1. The fraction of sp³-hybridized carbons (Fsp3) is 0.111. The van der Waals surface area contributed by atoms with E-state index in [0.29, 0.717) is 11.3 Å². The SMILES string of the molecule is Brc1ccn2ccnc2c1.Cc1ncnn1-c1ccn2c(-c3cccc(NC(=O)NCC(F)(F)F)c3)cnc2c1.Cc1ncnn1-c1ccn2c(I)cnc2c1. The van der Waals surface area contributed by atoms with Crippen LogP contribution in [0, 0.1) is 17.5 Å². The number of hydrogen-bond donors (Lipinski definition) is 2. The van der Waals surface area contributed by atoms with Crippen LogP contribution in [0.1, 0.15) is 11.6 Å². The highest BCUT2D eigenvalue weighted by Gasteiger charge is 2.27. The van der Waals surface area contributed by atoms with Gasteiger partial charge < -0.3 is 15.0 Å².